The number of aryl methyl sites for hydroxylation is 1. The maximum Gasteiger partial charge on any atom is 0.252 e. The van der Waals surface area contributed by atoms with E-state index in [9.17, 15) is 18.0 Å². The van der Waals surface area contributed by atoms with Gasteiger partial charge in [-0.15, -0.1) is 11.3 Å². The fourth-order valence-electron chi connectivity index (χ4n) is 3.61. The Bertz CT molecular complexity index is 1220. The molecule has 3 aromatic rings. The number of ether oxygens (including phenoxy) is 1. The summed E-state index contributed by atoms with van der Waals surface area (Å²) in [6.07, 6.45) is -0.215. The van der Waals surface area contributed by atoms with Crippen LogP contribution in [0.3, 0.4) is 0 Å². The monoisotopic (exact) mass is 470 g/mol. The Hall–Kier alpha value is -3.01. The van der Waals surface area contributed by atoms with Gasteiger partial charge in [-0.3, -0.25) is 9.59 Å². The van der Waals surface area contributed by atoms with Gasteiger partial charge in [-0.05, 0) is 54.8 Å². The minimum Gasteiger partial charge on any atom is -0.497 e. The Labute approximate surface area is 190 Å². The molecule has 32 heavy (non-hydrogen) atoms. The number of benzene rings is 2. The van der Waals surface area contributed by atoms with Gasteiger partial charge in [0.15, 0.2) is 0 Å². The van der Waals surface area contributed by atoms with E-state index in [2.05, 4.69) is 0 Å². The third-order valence-corrected chi connectivity index (χ3v) is 8.05. The lowest BCUT2D eigenvalue weighted by atomic mass is 10.2. The predicted octanol–water partition coefficient (Wildman–Crippen LogP) is 3.59. The van der Waals surface area contributed by atoms with Crippen LogP contribution in [0.1, 0.15) is 16.9 Å². The van der Waals surface area contributed by atoms with E-state index in [-0.39, 0.29) is 17.9 Å². The molecule has 1 atom stereocenters. The number of carbonyl (C=O) groups excluding carboxylic acids is 2. The molecule has 1 fully saturated rings. The second kappa shape index (κ2) is 8.85. The van der Waals surface area contributed by atoms with E-state index in [4.69, 9.17) is 4.74 Å². The van der Waals surface area contributed by atoms with E-state index in [1.54, 1.807) is 42.5 Å². The number of hydrogen-bond donors (Lipinski definition) is 0. The third-order valence-electron chi connectivity index (χ3n) is 5.32. The molecule has 0 N–H and O–H groups in total. The SMILES string of the molecule is COc1ccc(S(=O)(=O)N(Cc2cccs2)C2CC(=O)N(c3ccc(C)cc3)C2=O)cc1. The first-order chi connectivity index (χ1) is 15.3. The Balaban J connectivity index is 1.72. The lowest BCUT2D eigenvalue weighted by Crippen LogP contribution is -2.44. The van der Waals surface area contributed by atoms with E-state index in [0.29, 0.717) is 11.4 Å². The van der Waals surface area contributed by atoms with Crippen molar-refractivity contribution in [2.75, 3.05) is 12.0 Å². The van der Waals surface area contributed by atoms with Crippen LogP contribution in [0.4, 0.5) is 5.69 Å². The van der Waals surface area contributed by atoms with E-state index < -0.39 is 27.9 Å². The van der Waals surface area contributed by atoms with Gasteiger partial charge in [-0.2, -0.15) is 4.31 Å². The summed E-state index contributed by atoms with van der Waals surface area (Å²) in [7, 11) is -2.57. The summed E-state index contributed by atoms with van der Waals surface area (Å²) in [5.74, 6) is -0.455. The number of thiophene rings is 1. The highest BCUT2D eigenvalue weighted by Crippen LogP contribution is 2.31. The molecule has 1 aliphatic heterocycles. The van der Waals surface area contributed by atoms with Crippen LogP contribution in [-0.2, 0) is 26.2 Å². The zero-order valence-corrected chi connectivity index (χ0v) is 19.2. The van der Waals surface area contributed by atoms with Crippen LogP contribution in [0.5, 0.6) is 5.75 Å². The standard InChI is InChI=1S/C23H22N2O5S2/c1-16-5-7-17(8-6-16)25-22(26)14-21(23(25)27)24(15-19-4-3-13-31-19)32(28,29)20-11-9-18(30-2)10-12-20/h3-13,21H,14-15H2,1-2H3. The van der Waals surface area contributed by atoms with Crippen LogP contribution in [0.2, 0.25) is 0 Å². The van der Waals surface area contributed by atoms with Crippen molar-refractivity contribution in [3.8, 4) is 5.75 Å². The van der Waals surface area contributed by atoms with Crippen molar-refractivity contribution < 1.29 is 22.7 Å². The van der Waals surface area contributed by atoms with Gasteiger partial charge in [0.25, 0.3) is 5.91 Å². The molecule has 2 heterocycles. The molecular formula is C23H22N2O5S2. The molecule has 0 spiro atoms. The zero-order chi connectivity index (χ0) is 22.9. The van der Waals surface area contributed by atoms with E-state index in [0.717, 1.165) is 19.6 Å². The largest absolute Gasteiger partial charge is 0.497 e. The molecule has 7 nitrogen and oxygen atoms in total. The van der Waals surface area contributed by atoms with Crippen molar-refractivity contribution in [3.63, 3.8) is 0 Å². The number of imide groups is 1. The summed E-state index contributed by atoms with van der Waals surface area (Å²) in [5.41, 5.74) is 1.43. The molecule has 1 saturated heterocycles. The minimum absolute atomic E-state index is 0.00253. The van der Waals surface area contributed by atoms with Crippen LogP contribution >= 0.6 is 11.3 Å². The molecule has 1 aromatic heterocycles. The van der Waals surface area contributed by atoms with Crippen LogP contribution < -0.4 is 9.64 Å². The number of methoxy groups -OCH3 is 1. The molecule has 166 valence electrons. The van der Waals surface area contributed by atoms with Gasteiger partial charge in [0.05, 0.1) is 24.1 Å². The molecule has 4 rings (SSSR count). The first-order valence-corrected chi connectivity index (χ1v) is 12.2. The number of anilines is 1. The maximum absolute atomic E-state index is 13.6. The lowest BCUT2D eigenvalue weighted by Gasteiger charge is -2.26. The molecule has 9 heteroatoms. The normalized spacial score (nSPS) is 16.7. The number of hydrogen-bond acceptors (Lipinski definition) is 6. The summed E-state index contributed by atoms with van der Waals surface area (Å²) in [6, 6.07) is 15.5. The molecule has 1 aliphatic rings. The van der Waals surface area contributed by atoms with Gasteiger partial charge in [0.2, 0.25) is 15.9 Å². The van der Waals surface area contributed by atoms with Gasteiger partial charge in [-0.25, -0.2) is 13.3 Å². The van der Waals surface area contributed by atoms with Gasteiger partial charge in [0.1, 0.15) is 11.8 Å². The molecular weight excluding hydrogens is 448 g/mol. The second-order valence-corrected chi connectivity index (χ2v) is 10.4. The van der Waals surface area contributed by atoms with Crippen molar-refractivity contribution in [1.82, 2.24) is 4.31 Å². The summed E-state index contributed by atoms with van der Waals surface area (Å²) in [4.78, 5) is 28.0. The van der Waals surface area contributed by atoms with Crippen molar-refractivity contribution >= 4 is 38.9 Å². The van der Waals surface area contributed by atoms with E-state index >= 15 is 0 Å². The van der Waals surface area contributed by atoms with Gasteiger partial charge >= 0.3 is 0 Å². The topological polar surface area (TPSA) is 84.0 Å². The third kappa shape index (κ3) is 4.19. The van der Waals surface area contributed by atoms with E-state index in [1.807, 2.05) is 18.4 Å². The zero-order valence-electron chi connectivity index (χ0n) is 17.6. The highest BCUT2D eigenvalue weighted by Gasteiger charge is 2.47. The highest BCUT2D eigenvalue weighted by atomic mass is 32.2. The Morgan fingerprint density at radius 1 is 1.06 bits per heavy atom. The Kier molecular flexibility index (Phi) is 6.14. The first-order valence-electron chi connectivity index (χ1n) is 9.93. The van der Waals surface area contributed by atoms with Crippen LogP contribution in [0, 0.1) is 6.92 Å². The fourth-order valence-corrected chi connectivity index (χ4v) is 5.95. The summed E-state index contributed by atoms with van der Waals surface area (Å²) >= 11 is 1.39. The quantitative estimate of drug-likeness (QED) is 0.493. The molecule has 0 aliphatic carbocycles. The fraction of sp³-hybridized carbons (Fsp3) is 0.217. The molecule has 0 bridgehead atoms. The van der Waals surface area contributed by atoms with Gasteiger partial charge in [0, 0.05) is 11.4 Å². The number of carbonyl (C=O) groups is 2. The Morgan fingerprint density at radius 2 is 1.75 bits per heavy atom. The van der Waals surface area contributed by atoms with Crippen molar-refractivity contribution in [2.24, 2.45) is 0 Å². The average Bonchev–Trinajstić information content (AvgIpc) is 3.40. The number of amides is 2. The van der Waals surface area contributed by atoms with Crippen molar-refractivity contribution in [2.45, 2.75) is 30.8 Å². The summed E-state index contributed by atoms with van der Waals surface area (Å²) in [5, 5.41) is 1.84. The smallest absolute Gasteiger partial charge is 0.252 e. The summed E-state index contributed by atoms with van der Waals surface area (Å²) in [6.45, 7) is 1.90. The minimum atomic E-state index is -4.07. The van der Waals surface area contributed by atoms with Crippen molar-refractivity contribution in [1.29, 1.82) is 0 Å². The molecule has 1 unspecified atom stereocenters. The predicted molar refractivity (Wildman–Crippen MR) is 122 cm³/mol. The molecule has 0 saturated carbocycles. The highest BCUT2D eigenvalue weighted by molar-refractivity contribution is 7.89. The number of sulfonamides is 1. The molecule has 2 aromatic carbocycles. The van der Waals surface area contributed by atoms with Crippen LogP contribution in [0.15, 0.2) is 70.9 Å². The lowest BCUT2D eigenvalue weighted by molar-refractivity contribution is -0.122. The first kappa shape index (κ1) is 22.2. The van der Waals surface area contributed by atoms with Gasteiger partial charge < -0.3 is 4.74 Å². The second-order valence-electron chi connectivity index (χ2n) is 7.43. The number of rotatable bonds is 7. The molecule has 2 amide bonds. The Morgan fingerprint density at radius 3 is 2.34 bits per heavy atom. The number of nitrogens with zero attached hydrogens (tertiary/aromatic N) is 2. The average molecular weight is 471 g/mol. The van der Waals surface area contributed by atoms with E-state index in [1.165, 1.54) is 30.6 Å². The van der Waals surface area contributed by atoms with Gasteiger partial charge in [-0.1, -0.05) is 23.8 Å². The van der Waals surface area contributed by atoms with Crippen LogP contribution in [-0.4, -0.2) is 37.7 Å². The van der Waals surface area contributed by atoms with Crippen molar-refractivity contribution in [3.05, 3.63) is 76.5 Å². The maximum atomic E-state index is 13.6. The molecule has 0 radical (unpaired) electrons. The summed E-state index contributed by atoms with van der Waals surface area (Å²) < 4.78 is 33.4. The van der Waals surface area contributed by atoms with Crippen LogP contribution in [0.25, 0.3) is 0 Å².